The van der Waals surface area contributed by atoms with E-state index in [0.717, 1.165) is 21.3 Å². The highest BCUT2D eigenvalue weighted by molar-refractivity contribution is 9.10. The predicted molar refractivity (Wildman–Crippen MR) is 124 cm³/mol. The molecule has 2 aliphatic heterocycles. The van der Waals surface area contributed by atoms with Gasteiger partial charge in [0.05, 0.1) is 24.5 Å². The average molecular weight is 493 g/mol. The molecule has 162 valence electrons. The molecule has 2 aliphatic rings. The molecule has 0 N–H and O–H groups in total. The Bertz CT molecular complexity index is 1180. The molecule has 2 heterocycles. The van der Waals surface area contributed by atoms with E-state index in [1.807, 2.05) is 67.6 Å². The lowest BCUT2D eigenvalue weighted by molar-refractivity contribution is -0.126. The number of carbonyl (C=O) groups excluding carboxylic acids is 2. The number of hydrogen-bond acceptors (Lipinski definition) is 5. The van der Waals surface area contributed by atoms with Crippen LogP contribution in [0.1, 0.15) is 17.2 Å². The summed E-state index contributed by atoms with van der Waals surface area (Å²) in [6.45, 7) is 1.96. The lowest BCUT2D eigenvalue weighted by atomic mass is 9.90. The lowest BCUT2D eigenvalue weighted by Gasteiger charge is -2.29. The first-order valence-corrected chi connectivity index (χ1v) is 11.1. The molecule has 6 nitrogen and oxygen atoms in total. The number of ether oxygens (including phenoxy) is 1. The number of fused-ring (bicyclic) bond motifs is 1. The molecule has 0 bridgehead atoms. The molecule has 7 heteroatoms. The van der Waals surface area contributed by atoms with Crippen molar-refractivity contribution in [3.05, 3.63) is 88.4 Å². The Labute approximate surface area is 194 Å². The van der Waals surface area contributed by atoms with Crippen LogP contribution in [0.15, 0.2) is 77.3 Å². The predicted octanol–water partition coefficient (Wildman–Crippen LogP) is 4.82. The van der Waals surface area contributed by atoms with Gasteiger partial charge in [-0.2, -0.15) is 0 Å². The van der Waals surface area contributed by atoms with Crippen molar-refractivity contribution in [2.45, 2.75) is 19.1 Å². The van der Waals surface area contributed by atoms with Crippen LogP contribution in [0.5, 0.6) is 5.75 Å². The minimum Gasteiger partial charge on any atom is -0.496 e. The number of anilines is 2. The van der Waals surface area contributed by atoms with Crippen LogP contribution in [0.25, 0.3) is 0 Å². The number of rotatable bonds is 4. The van der Waals surface area contributed by atoms with E-state index in [2.05, 4.69) is 15.9 Å². The number of imide groups is 1. The van der Waals surface area contributed by atoms with Gasteiger partial charge < -0.3 is 4.74 Å². The highest BCUT2D eigenvalue weighted by atomic mass is 79.9. The third-order valence-corrected chi connectivity index (χ3v) is 6.42. The molecule has 0 unspecified atom stereocenters. The number of amides is 2. The third-order valence-electron chi connectivity index (χ3n) is 5.93. The summed E-state index contributed by atoms with van der Waals surface area (Å²) in [6, 6.07) is 21.9. The molecule has 2 saturated heterocycles. The van der Waals surface area contributed by atoms with Crippen molar-refractivity contribution in [1.29, 1.82) is 0 Å². The summed E-state index contributed by atoms with van der Waals surface area (Å²) >= 11 is 3.53. The Morgan fingerprint density at radius 3 is 2.31 bits per heavy atom. The van der Waals surface area contributed by atoms with Gasteiger partial charge in [-0.3, -0.25) is 14.4 Å². The van der Waals surface area contributed by atoms with Gasteiger partial charge in [0, 0.05) is 10.0 Å². The van der Waals surface area contributed by atoms with Crippen molar-refractivity contribution in [1.82, 2.24) is 0 Å². The summed E-state index contributed by atoms with van der Waals surface area (Å²) in [4.78, 5) is 34.5. The van der Waals surface area contributed by atoms with Gasteiger partial charge in [0.2, 0.25) is 5.91 Å². The Balaban J connectivity index is 1.63. The normalized spacial score (nSPS) is 22.4. The second kappa shape index (κ2) is 8.07. The summed E-state index contributed by atoms with van der Waals surface area (Å²) in [5.41, 5.74) is 3.13. The zero-order valence-electron chi connectivity index (χ0n) is 17.6. The molecule has 0 aliphatic carbocycles. The monoisotopic (exact) mass is 492 g/mol. The number of nitrogens with zero attached hydrogens (tertiary/aromatic N) is 2. The summed E-state index contributed by atoms with van der Waals surface area (Å²) in [7, 11) is 1.59. The topological polar surface area (TPSA) is 59.1 Å². The van der Waals surface area contributed by atoms with Crippen LogP contribution >= 0.6 is 15.9 Å². The number of aryl methyl sites for hydroxylation is 1. The van der Waals surface area contributed by atoms with Crippen molar-refractivity contribution in [2.75, 3.05) is 17.1 Å². The fourth-order valence-electron chi connectivity index (χ4n) is 4.41. The highest BCUT2D eigenvalue weighted by Crippen LogP contribution is 2.49. The number of carbonyl (C=O) groups is 2. The minimum absolute atomic E-state index is 0.283. The molecule has 3 aromatic rings. The Kier molecular flexibility index (Phi) is 5.23. The van der Waals surface area contributed by atoms with Gasteiger partial charge in [0.1, 0.15) is 11.7 Å². The number of hydrogen-bond donors (Lipinski definition) is 0. The van der Waals surface area contributed by atoms with Crippen LogP contribution in [0.2, 0.25) is 0 Å². The standard InChI is InChI=1S/C25H21BrN2O4/c1-15-8-11-17(12-9-15)27-24(29)21-22(19-14-16(26)10-13-20(19)31-2)28(32-23(21)25(27)30)18-6-4-3-5-7-18/h3-14,21-23H,1-2H3/t21-,22-,23+/m1/s1. The van der Waals surface area contributed by atoms with Crippen molar-refractivity contribution in [3.63, 3.8) is 0 Å². The van der Waals surface area contributed by atoms with Crippen molar-refractivity contribution in [3.8, 4) is 5.75 Å². The molecule has 0 spiro atoms. The van der Waals surface area contributed by atoms with Crippen LogP contribution in [0.4, 0.5) is 11.4 Å². The number of halogens is 1. The smallest absolute Gasteiger partial charge is 0.266 e. The van der Waals surface area contributed by atoms with Crippen molar-refractivity contribution >= 4 is 39.1 Å². The molecule has 3 aromatic carbocycles. The Morgan fingerprint density at radius 1 is 0.906 bits per heavy atom. The Hall–Kier alpha value is -3.16. The van der Waals surface area contributed by atoms with E-state index < -0.39 is 18.1 Å². The first-order valence-electron chi connectivity index (χ1n) is 10.3. The Morgan fingerprint density at radius 2 is 1.62 bits per heavy atom. The van der Waals surface area contributed by atoms with Crippen LogP contribution in [0, 0.1) is 12.8 Å². The number of benzene rings is 3. The van der Waals surface area contributed by atoms with Crippen LogP contribution < -0.4 is 14.7 Å². The molecule has 0 aromatic heterocycles. The maximum absolute atomic E-state index is 13.7. The molecule has 2 amide bonds. The second-order valence-corrected chi connectivity index (χ2v) is 8.81. The van der Waals surface area contributed by atoms with E-state index >= 15 is 0 Å². The van der Waals surface area contributed by atoms with E-state index in [9.17, 15) is 9.59 Å². The zero-order chi connectivity index (χ0) is 22.4. The largest absolute Gasteiger partial charge is 0.496 e. The van der Waals surface area contributed by atoms with Gasteiger partial charge in [-0.1, -0.05) is 51.8 Å². The van der Waals surface area contributed by atoms with Gasteiger partial charge in [-0.25, -0.2) is 9.96 Å². The second-order valence-electron chi connectivity index (χ2n) is 7.89. The molecular weight excluding hydrogens is 472 g/mol. The molecular formula is C25H21BrN2O4. The maximum atomic E-state index is 13.7. The zero-order valence-corrected chi connectivity index (χ0v) is 19.2. The van der Waals surface area contributed by atoms with Crippen LogP contribution in [-0.4, -0.2) is 25.0 Å². The summed E-state index contributed by atoms with van der Waals surface area (Å²) in [5.74, 6) is -0.736. The molecule has 2 fully saturated rings. The summed E-state index contributed by atoms with van der Waals surface area (Å²) in [5, 5.41) is 1.67. The first-order chi connectivity index (χ1) is 15.5. The van der Waals surface area contributed by atoms with Crippen molar-refractivity contribution < 1.29 is 19.2 Å². The molecule has 0 radical (unpaired) electrons. The summed E-state index contributed by atoms with van der Waals surface area (Å²) in [6.07, 6.45) is -0.919. The van der Waals surface area contributed by atoms with Gasteiger partial charge in [0.15, 0.2) is 6.10 Å². The SMILES string of the molecule is COc1ccc(Br)cc1[C@@H]1[C@H]2C(=O)N(c3ccc(C)cc3)C(=O)[C@H]2ON1c1ccccc1. The number of hydroxylamine groups is 1. The first kappa shape index (κ1) is 20.7. The van der Waals surface area contributed by atoms with Gasteiger partial charge >= 0.3 is 0 Å². The van der Waals surface area contributed by atoms with Gasteiger partial charge in [-0.05, 0) is 49.4 Å². The van der Waals surface area contributed by atoms with E-state index in [1.165, 1.54) is 4.90 Å². The van der Waals surface area contributed by atoms with E-state index in [0.29, 0.717) is 11.4 Å². The average Bonchev–Trinajstić information content (AvgIpc) is 3.31. The number of methoxy groups -OCH3 is 1. The molecule has 5 rings (SSSR count). The van der Waals surface area contributed by atoms with Crippen LogP contribution in [-0.2, 0) is 14.4 Å². The fraction of sp³-hybridized carbons (Fsp3) is 0.200. The highest BCUT2D eigenvalue weighted by Gasteiger charge is 2.60. The minimum atomic E-state index is -0.919. The summed E-state index contributed by atoms with van der Waals surface area (Å²) < 4.78 is 6.46. The lowest BCUT2D eigenvalue weighted by Crippen LogP contribution is -2.37. The maximum Gasteiger partial charge on any atom is 0.266 e. The molecule has 3 atom stereocenters. The number of para-hydroxylation sites is 1. The fourth-order valence-corrected chi connectivity index (χ4v) is 4.79. The van der Waals surface area contributed by atoms with Gasteiger partial charge in [-0.15, -0.1) is 0 Å². The third kappa shape index (κ3) is 3.29. The van der Waals surface area contributed by atoms with E-state index in [4.69, 9.17) is 9.57 Å². The molecule has 32 heavy (non-hydrogen) atoms. The van der Waals surface area contributed by atoms with Crippen molar-refractivity contribution in [2.24, 2.45) is 5.92 Å². The quantitative estimate of drug-likeness (QED) is 0.488. The van der Waals surface area contributed by atoms with Gasteiger partial charge in [0.25, 0.3) is 5.91 Å². The van der Waals surface area contributed by atoms with E-state index in [1.54, 1.807) is 24.3 Å². The molecule has 0 saturated carbocycles. The van der Waals surface area contributed by atoms with Crippen LogP contribution in [0.3, 0.4) is 0 Å². The van der Waals surface area contributed by atoms with E-state index in [-0.39, 0.29) is 11.8 Å².